The van der Waals surface area contributed by atoms with Gasteiger partial charge < -0.3 is 20.4 Å². The third kappa shape index (κ3) is 6.10. The highest BCUT2D eigenvalue weighted by atomic mass is 16.2. The van der Waals surface area contributed by atoms with Gasteiger partial charge in [0.2, 0.25) is 11.8 Å². The van der Waals surface area contributed by atoms with Crippen molar-refractivity contribution < 1.29 is 14.4 Å². The van der Waals surface area contributed by atoms with Crippen LogP contribution in [0.15, 0.2) is 0 Å². The SMILES string of the molecule is CN1CCCCCCCN([C@H](CC2CC2)C(=O)N[C@H](C#N)C[C@@H]2CCNC2=O)C1=O. The van der Waals surface area contributed by atoms with Gasteiger partial charge in [0.1, 0.15) is 12.1 Å². The summed E-state index contributed by atoms with van der Waals surface area (Å²) in [5.41, 5.74) is 0. The van der Waals surface area contributed by atoms with Crippen LogP contribution < -0.4 is 10.6 Å². The third-order valence-corrected chi connectivity index (χ3v) is 6.55. The Morgan fingerprint density at radius 1 is 1.13 bits per heavy atom. The monoisotopic (exact) mass is 417 g/mol. The van der Waals surface area contributed by atoms with Gasteiger partial charge in [-0.25, -0.2) is 4.79 Å². The number of carbonyl (C=O) groups is 3. The van der Waals surface area contributed by atoms with E-state index in [1.807, 2.05) is 0 Å². The quantitative estimate of drug-likeness (QED) is 0.661. The Morgan fingerprint density at radius 3 is 2.47 bits per heavy atom. The molecule has 0 aromatic carbocycles. The molecule has 2 saturated heterocycles. The van der Waals surface area contributed by atoms with E-state index in [-0.39, 0.29) is 23.8 Å². The van der Waals surface area contributed by atoms with Gasteiger partial charge in [0.05, 0.1) is 6.07 Å². The highest BCUT2D eigenvalue weighted by molar-refractivity contribution is 5.87. The number of hydrogen-bond acceptors (Lipinski definition) is 4. The van der Waals surface area contributed by atoms with Crippen LogP contribution in [0.25, 0.3) is 0 Å². The minimum atomic E-state index is -0.721. The fourth-order valence-corrected chi connectivity index (χ4v) is 4.47. The molecule has 0 bridgehead atoms. The normalized spacial score (nSPS) is 25.3. The van der Waals surface area contributed by atoms with Crippen LogP contribution in [0.3, 0.4) is 0 Å². The second-order valence-electron chi connectivity index (χ2n) is 9.06. The molecule has 8 heteroatoms. The van der Waals surface area contributed by atoms with E-state index in [0.29, 0.717) is 44.8 Å². The van der Waals surface area contributed by atoms with E-state index in [4.69, 9.17) is 0 Å². The summed E-state index contributed by atoms with van der Waals surface area (Å²) in [6, 6.07) is 0.770. The summed E-state index contributed by atoms with van der Waals surface area (Å²) < 4.78 is 0. The van der Waals surface area contributed by atoms with Gasteiger partial charge in [0.25, 0.3) is 0 Å². The third-order valence-electron chi connectivity index (χ3n) is 6.55. The van der Waals surface area contributed by atoms with Gasteiger partial charge in [-0.3, -0.25) is 9.59 Å². The molecular weight excluding hydrogens is 382 g/mol. The molecule has 0 radical (unpaired) electrons. The predicted octanol–water partition coefficient (Wildman–Crippen LogP) is 2.01. The van der Waals surface area contributed by atoms with Crippen LogP contribution in [-0.4, -0.2) is 66.4 Å². The molecule has 1 saturated carbocycles. The Balaban J connectivity index is 1.70. The summed E-state index contributed by atoms with van der Waals surface area (Å²) in [5.74, 6) is -0.0773. The number of nitriles is 1. The number of hydrogen-bond donors (Lipinski definition) is 2. The van der Waals surface area contributed by atoms with E-state index in [0.717, 1.165) is 44.9 Å². The van der Waals surface area contributed by atoms with Crippen molar-refractivity contribution in [3.63, 3.8) is 0 Å². The first-order valence-electron chi connectivity index (χ1n) is 11.5. The first kappa shape index (κ1) is 22.4. The van der Waals surface area contributed by atoms with E-state index >= 15 is 0 Å². The average Bonchev–Trinajstić information content (AvgIpc) is 3.47. The van der Waals surface area contributed by atoms with E-state index in [2.05, 4.69) is 16.7 Å². The summed E-state index contributed by atoms with van der Waals surface area (Å²) >= 11 is 0. The van der Waals surface area contributed by atoms with Crippen molar-refractivity contribution >= 4 is 17.8 Å². The molecule has 8 nitrogen and oxygen atoms in total. The molecule has 1 aliphatic carbocycles. The zero-order valence-electron chi connectivity index (χ0n) is 18.1. The average molecular weight is 418 g/mol. The largest absolute Gasteiger partial charge is 0.356 e. The Morgan fingerprint density at radius 2 is 1.83 bits per heavy atom. The molecule has 30 heavy (non-hydrogen) atoms. The first-order chi connectivity index (χ1) is 14.5. The highest BCUT2D eigenvalue weighted by Crippen LogP contribution is 2.35. The first-order valence-corrected chi connectivity index (χ1v) is 11.5. The predicted molar refractivity (Wildman–Crippen MR) is 112 cm³/mol. The lowest BCUT2D eigenvalue weighted by Gasteiger charge is -2.35. The van der Waals surface area contributed by atoms with E-state index < -0.39 is 12.1 Å². The highest BCUT2D eigenvalue weighted by Gasteiger charge is 2.37. The van der Waals surface area contributed by atoms with Gasteiger partial charge >= 0.3 is 6.03 Å². The van der Waals surface area contributed by atoms with Crippen molar-refractivity contribution in [2.75, 3.05) is 26.7 Å². The maximum absolute atomic E-state index is 13.3. The molecule has 3 aliphatic rings. The molecule has 0 aromatic heterocycles. The van der Waals surface area contributed by atoms with Crippen LogP contribution in [-0.2, 0) is 9.59 Å². The fraction of sp³-hybridized carbons (Fsp3) is 0.818. The lowest BCUT2D eigenvalue weighted by atomic mass is 9.98. The standard InChI is InChI=1S/C22H35N5O3/c1-26-11-5-3-2-4-6-12-27(22(26)30)19(13-16-7-8-16)21(29)25-18(15-23)14-17-9-10-24-20(17)28/h16-19H,2-14H2,1H3,(H,24,28)(H,25,29)/t17-,18-,19+/m0/s1. The molecule has 0 aromatic rings. The Kier molecular flexibility index (Phi) is 7.94. The van der Waals surface area contributed by atoms with Gasteiger partial charge in [-0.15, -0.1) is 0 Å². The second kappa shape index (κ2) is 10.6. The molecule has 166 valence electrons. The molecule has 2 heterocycles. The molecule has 0 unspecified atom stereocenters. The van der Waals surface area contributed by atoms with Gasteiger partial charge in [-0.1, -0.05) is 32.1 Å². The molecule has 3 fully saturated rings. The maximum Gasteiger partial charge on any atom is 0.320 e. The van der Waals surface area contributed by atoms with E-state index in [9.17, 15) is 19.6 Å². The number of carbonyl (C=O) groups excluding carboxylic acids is 3. The van der Waals surface area contributed by atoms with Gasteiger partial charge in [-0.2, -0.15) is 5.26 Å². The molecule has 3 rings (SSSR count). The number of nitrogens with zero attached hydrogens (tertiary/aromatic N) is 3. The number of rotatable bonds is 7. The van der Waals surface area contributed by atoms with Gasteiger partial charge in [-0.05, 0) is 38.0 Å². The van der Waals surface area contributed by atoms with Crippen LogP contribution in [0, 0.1) is 23.2 Å². The van der Waals surface area contributed by atoms with Crippen LogP contribution in [0.1, 0.15) is 64.2 Å². The van der Waals surface area contributed by atoms with Crippen molar-refractivity contribution in [3.05, 3.63) is 0 Å². The second-order valence-corrected chi connectivity index (χ2v) is 9.06. The Labute approximate surface area is 179 Å². The summed E-state index contributed by atoms with van der Waals surface area (Å²) in [7, 11) is 1.81. The van der Waals surface area contributed by atoms with Crippen molar-refractivity contribution in [1.29, 1.82) is 5.26 Å². The molecule has 0 spiro atoms. The maximum atomic E-state index is 13.3. The van der Waals surface area contributed by atoms with Crippen LogP contribution in [0.2, 0.25) is 0 Å². The number of nitrogens with one attached hydrogen (secondary N) is 2. The summed E-state index contributed by atoms with van der Waals surface area (Å²) in [6.07, 6.45) is 9.03. The van der Waals surface area contributed by atoms with Crippen LogP contribution in [0.5, 0.6) is 0 Å². The topological polar surface area (TPSA) is 106 Å². The molecule has 2 N–H and O–H groups in total. The van der Waals surface area contributed by atoms with Crippen LogP contribution >= 0.6 is 0 Å². The summed E-state index contributed by atoms with van der Waals surface area (Å²) in [5, 5.41) is 15.2. The summed E-state index contributed by atoms with van der Waals surface area (Å²) in [6.45, 7) is 1.88. The Bertz CT molecular complexity index is 672. The van der Waals surface area contributed by atoms with Gasteiger partial charge in [0, 0.05) is 32.6 Å². The van der Waals surface area contributed by atoms with E-state index in [1.54, 1.807) is 16.8 Å². The van der Waals surface area contributed by atoms with E-state index in [1.165, 1.54) is 0 Å². The van der Waals surface area contributed by atoms with Crippen molar-refractivity contribution in [1.82, 2.24) is 20.4 Å². The zero-order valence-corrected chi connectivity index (χ0v) is 18.1. The molecule has 2 aliphatic heterocycles. The van der Waals surface area contributed by atoms with Crippen molar-refractivity contribution in [2.45, 2.75) is 76.3 Å². The lowest BCUT2D eigenvalue weighted by Crippen LogP contribution is -2.55. The van der Waals surface area contributed by atoms with Crippen molar-refractivity contribution in [3.8, 4) is 6.07 Å². The number of amides is 4. The fourth-order valence-electron chi connectivity index (χ4n) is 4.47. The molecular formula is C22H35N5O3. The lowest BCUT2D eigenvalue weighted by molar-refractivity contribution is -0.127. The minimum Gasteiger partial charge on any atom is -0.356 e. The zero-order chi connectivity index (χ0) is 21.5. The minimum absolute atomic E-state index is 0.0492. The molecule has 3 atom stereocenters. The smallest absolute Gasteiger partial charge is 0.320 e. The van der Waals surface area contributed by atoms with Crippen LogP contribution in [0.4, 0.5) is 4.79 Å². The van der Waals surface area contributed by atoms with Gasteiger partial charge in [0.15, 0.2) is 0 Å². The number of urea groups is 1. The Hall–Kier alpha value is -2.30. The summed E-state index contributed by atoms with van der Waals surface area (Å²) in [4.78, 5) is 41.7. The molecule has 4 amide bonds. The van der Waals surface area contributed by atoms with Crippen molar-refractivity contribution in [2.24, 2.45) is 11.8 Å².